The average molecular weight is 337 g/mol. The first-order chi connectivity index (χ1) is 12.2. The zero-order valence-corrected chi connectivity index (χ0v) is 15.2. The van der Waals surface area contributed by atoms with Crippen LogP contribution in [0.2, 0.25) is 0 Å². The zero-order chi connectivity index (χ0) is 17.6. The van der Waals surface area contributed by atoms with Crippen molar-refractivity contribution in [1.29, 1.82) is 0 Å². The number of para-hydroxylation sites is 1. The highest BCUT2D eigenvalue weighted by molar-refractivity contribution is 5.95. The molecule has 25 heavy (non-hydrogen) atoms. The molecule has 0 aliphatic carbocycles. The van der Waals surface area contributed by atoms with Gasteiger partial charge in [0.1, 0.15) is 0 Å². The minimum absolute atomic E-state index is 0.110. The molecule has 2 aromatic rings. The number of carbonyl (C=O) groups excluding carboxylic acids is 1. The number of nitrogens with zero attached hydrogens (tertiary/aromatic N) is 3. The molecule has 0 atom stereocenters. The Labute approximate surface area is 150 Å². The summed E-state index contributed by atoms with van der Waals surface area (Å²) in [6, 6.07) is 10.6. The van der Waals surface area contributed by atoms with E-state index in [0.717, 1.165) is 55.5 Å². The summed E-state index contributed by atoms with van der Waals surface area (Å²) in [7, 11) is 0. The van der Waals surface area contributed by atoms with Crippen LogP contribution in [0.25, 0.3) is 17.0 Å². The van der Waals surface area contributed by atoms with E-state index >= 15 is 0 Å². The Hall–Kier alpha value is -2.20. The smallest absolute Gasteiger partial charge is 0.246 e. The molecule has 0 N–H and O–H groups in total. The number of amides is 1. The molecule has 1 aromatic heterocycles. The van der Waals surface area contributed by atoms with Crippen molar-refractivity contribution in [2.45, 2.75) is 32.7 Å². The number of benzene rings is 1. The fourth-order valence-electron chi connectivity index (χ4n) is 3.72. The van der Waals surface area contributed by atoms with Gasteiger partial charge >= 0.3 is 0 Å². The summed E-state index contributed by atoms with van der Waals surface area (Å²) in [4.78, 5) is 21.4. The van der Waals surface area contributed by atoms with Crippen LogP contribution >= 0.6 is 0 Å². The number of likely N-dealkylation sites (tertiary alicyclic amines) is 1. The molecule has 4 nitrogen and oxygen atoms in total. The SMILES string of the molecule is CCN(CC)C1CCN(C(=O)C=Cc2ccnc3ccccc23)CC1. The van der Waals surface area contributed by atoms with Gasteiger partial charge in [-0.1, -0.05) is 32.0 Å². The van der Waals surface area contributed by atoms with Crippen LogP contribution in [0.3, 0.4) is 0 Å². The first kappa shape index (κ1) is 17.6. The molecule has 0 unspecified atom stereocenters. The summed E-state index contributed by atoms with van der Waals surface area (Å²) < 4.78 is 0. The third-order valence-corrected chi connectivity index (χ3v) is 5.19. The van der Waals surface area contributed by atoms with Gasteiger partial charge in [-0.05, 0) is 49.7 Å². The maximum Gasteiger partial charge on any atom is 0.246 e. The monoisotopic (exact) mass is 337 g/mol. The molecule has 1 saturated heterocycles. The number of piperidine rings is 1. The summed E-state index contributed by atoms with van der Waals surface area (Å²) in [5.74, 6) is 0.110. The van der Waals surface area contributed by atoms with Gasteiger partial charge in [0.15, 0.2) is 0 Å². The fraction of sp³-hybridized carbons (Fsp3) is 0.429. The lowest BCUT2D eigenvalue weighted by Gasteiger charge is -2.37. The normalized spacial score (nSPS) is 16.2. The number of aromatic nitrogens is 1. The van der Waals surface area contributed by atoms with Crippen LogP contribution in [0.15, 0.2) is 42.6 Å². The maximum atomic E-state index is 12.5. The Balaban J connectivity index is 1.64. The molecule has 1 amide bonds. The second-order valence-electron chi connectivity index (χ2n) is 6.53. The number of pyridine rings is 1. The number of hydrogen-bond acceptors (Lipinski definition) is 3. The first-order valence-corrected chi connectivity index (χ1v) is 9.27. The second kappa shape index (κ2) is 8.26. The van der Waals surface area contributed by atoms with Crippen LogP contribution in [-0.4, -0.2) is 52.9 Å². The van der Waals surface area contributed by atoms with Crippen LogP contribution in [0, 0.1) is 0 Å². The third-order valence-electron chi connectivity index (χ3n) is 5.19. The van der Waals surface area contributed by atoms with Crippen molar-refractivity contribution in [2.24, 2.45) is 0 Å². The van der Waals surface area contributed by atoms with E-state index in [1.807, 2.05) is 41.3 Å². The van der Waals surface area contributed by atoms with Crippen LogP contribution in [-0.2, 0) is 4.79 Å². The van der Waals surface area contributed by atoms with Crippen LogP contribution in [0.4, 0.5) is 0 Å². The molecule has 3 rings (SSSR count). The quantitative estimate of drug-likeness (QED) is 0.783. The predicted molar refractivity (Wildman–Crippen MR) is 103 cm³/mol. The van der Waals surface area contributed by atoms with Crippen molar-refractivity contribution >= 4 is 22.9 Å². The number of rotatable bonds is 5. The number of carbonyl (C=O) groups is 1. The first-order valence-electron chi connectivity index (χ1n) is 9.27. The van der Waals surface area contributed by atoms with E-state index in [1.54, 1.807) is 12.3 Å². The summed E-state index contributed by atoms with van der Waals surface area (Å²) in [6.45, 7) is 8.29. The molecular weight excluding hydrogens is 310 g/mol. The highest BCUT2D eigenvalue weighted by atomic mass is 16.2. The molecule has 1 aliphatic rings. The standard InChI is InChI=1S/C21H27N3O/c1-3-23(4-2)18-12-15-24(16-13-18)21(25)10-9-17-11-14-22-20-8-6-5-7-19(17)20/h5-11,14,18H,3-4,12-13,15-16H2,1-2H3. The summed E-state index contributed by atoms with van der Waals surface area (Å²) >= 11 is 0. The largest absolute Gasteiger partial charge is 0.339 e. The molecule has 4 heteroatoms. The number of hydrogen-bond donors (Lipinski definition) is 0. The van der Waals surface area contributed by atoms with Gasteiger partial charge < -0.3 is 9.80 Å². The van der Waals surface area contributed by atoms with Gasteiger partial charge in [0, 0.05) is 36.8 Å². The summed E-state index contributed by atoms with van der Waals surface area (Å²) in [6.07, 6.45) is 7.56. The Kier molecular flexibility index (Phi) is 5.82. The van der Waals surface area contributed by atoms with Crippen molar-refractivity contribution in [3.05, 3.63) is 48.2 Å². The molecule has 0 bridgehead atoms. The summed E-state index contributed by atoms with van der Waals surface area (Å²) in [5, 5.41) is 1.08. The van der Waals surface area contributed by atoms with Gasteiger partial charge in [-0.15, -0.1) is 0 Å². The maximum absolute atomic E-state index is 12.5. The highest BCUT2D eigenvalue weighted by Gasteiger charge is 2.24. The molecule has 0 spiro atoms. The molecule has 2 heterocycles. The van der Waals surface area contributed by atoms with E-state index in [0.29, 0.717) is 6.04 Å². The Morgan fingerprint density at radius 2 is 1.92 bits per heavy atom. The minimum atomic E-state index is 0.110. The third kappa shape index (κ3) is 4.07. The Morgan fingerprint density at radius 3 is 2.64 bits per heavy atom. The number of fused-ring (bicyclic) bond motifs is 1. The van der Waals surface area contributed by atoms with E-state index in [9.17, 15) is 4.79 Å². The average Bonchev–Trinajstić information content (AvgIpc) is 2.67. The van der Waals surface area contributed by atoms with Crippen molar-refractivity contribution in [2.75, 3.05) is 26.2 Å². The second-order valence-corrected chi connectivity index (χ2v) is 6.53. The van der Waals surface area contributed by atoms with E-state index < -0.39 is 0 Å². The molecular formula is C21H27N3O. The van der Waals surface area contributed by atoms with Crippen LogP contribution in [0.5, 0.6) is 0 Å². The topological polar surface area (TPSA) is 36.4 Å². The Bertz CT molecular complexity index is 738. The van der Waals surface area contributed by atoms with Gasteiger partial charge in [-0.25, -0.2) is 0 Å². The van der Waals surface area contributed by atoms with Gasteiger partial charge in [0.2, 0.25) is 5.91 Å². The van der Waals surface area contributed by atoms with Crippen LogP contribution < -0.4 is 0 Å². The predicted octanol–water partition coefficient (Wildman–Crippen LogP) is 3.58. The van der Waals surface area contributed by atoms with E-state index in [4.69, 9.17) is 0 Å². The molecule has 1 aromatic carbocycles. The van der Waals surface area contributed by atoms with Crippen molar-refractivity contribution in [3.63, 3.8) is 0 Å². The van der Waals surface area contributed by atoms with E-state index in [2.05, 4.69) is 23.7 Å². The summed E-state index contributed by atoms with van der Waals surface area (Å²) in [5.41, 5.74) is 1.99. The van der Waals surface area contributed by atoms with Crippen molar-refractivity contribution in [1.82, 2.24) is 14.8 Å². The van der Waals surface area contributed by atoms with Crippen LogP contribution in [0.1, 0.15) is 32.3 Å². The Morgan fingerprint density at radius 1 is 1.20 bits per heavy atom. The lowest BCUT2D eigenvalue weighted by atomic mass is 10.0. The van der Waals surface area contributed by atoms with Gasteiger partial charge in [0.25, 0.3) is 0 Å². The van der Waals surface area contributed by atoms with E-state index in [1.165, 1.54) is 0 Å². The van der Waals surface area contributed by atoms with Gasteiger partial charge in [-0.3, -0.25) is 9.78 Å². The molecule has 0 radical (unpaired) electrons. The van der Waals surface area contributed by atoms with Crippen molar-refractivity contribution < 1.29 is 4.79 Å². The minimum Gasteiger partial charge on any atom is -0.339 e. The zero-order valence-electron chi connectivity index (χ0n) is 15.2. The molecule has 0 saturated carbocycles. The lowest BCUT2D eigenvalue weighted by molar-refractivity contribution is -0.127. The highest BCUT2D eigenvalue weighted by Crippen LogP contribution is 2.19. The van der Waals surface area contributed by atoms with Crippen molar-refractivity contribution in [3.8, 4) is 0 Å². The van der Waals surface area contributed by atoms with Gasteiger partial charge in [0.05, 0.1) is 5.52 Å². The molecule has 132 valence electrons. The molecule has 1 aliphatic heterocycles. The van der Waals surface area contributed by atoms with E-state index in [-0.39, 0.29) is 5.91 Å². The fourth-order valence-corrected chi connectivity index (χ4v) is 3.72. The lowest BCUT2D eigenvalue weighted by Crippen LogP contribution is -2.46. The van der Waals surface area contributed by atoms with Gasteiger partial charge in [-0.2, -0.15) is 0 Å². The molecule has 1 fully saturated rings.